The van der Waals surface area contributed by atoms with Crippen molar-refractivity contribution in [2.45, 2.75) is 6.92 Å². The normalized spacial score (nSPS) is 10.7. The third-order valence-electron chi connectivity index (χ3n) is 2.20. The molecule has 0 bridgehead atoms. The van der Waals surface area contributed by atoms with E-state index in [1.165, 1.54) is 19.3 Å². The first-order chi connectivity index (χ1) is 9.03. The van der Waals surface area contributed by atoms with Crippen LogP contribution >= 0.6 is 11.6 Å². The molecule has 100 valence electrons. The van der Waals surface area contributed by atoms with Gasteiger partial charge in [0.25, 0.3) is 0 Å². The molecule has 1 N–H and O–H groups in total. The van der Waals surface area contributed by atoms with E-state index >= 15 is 0 Å². The van der Waals surface area contributed by atoms with Gasteiger partial charge in [0.1, 0.15) is 11.6 Å². The van der Waals surface area contributed by atoms with E-state index in [2.05, 4.69) is 0 Å². The summed E-state index contributed by atoms with van der Waals surface area (Å²) in [7, 11) is 1.45. The lowest BCUT2D eigenvalue weighted by Crippen LogP contribution is -1.99. The Morgan fingerprint density at radius 3 is 2.74 bits per heavy atom. The second kappa shape index (κ2) is 6.66. The largest absolute Gasteiger partial charge is 0.493 e. The molecule has 0 spiro atoms. The molecule has 0 radical (unpaired) electrons. The van der Waals surface area contributed by atoms with Crippen LogP contribution in [0.2, 0.25) is 5.02 Å². The maximum Gasteiger partial charge on any atom is 0.346 e. The molecule has 0 amide bonds. The van der Waals surface area contributed by atoms with Gasteiger partial charge in [0.2, 0.25) is 0 Å². The molecule has 0 aliphatic heterocycles. The first-order valence-corrected chi connectivity index (χ1v) is 5.76. The highest BCUT2D eigenvalue weighted by Crippen LogP contribution is 2.36. The zero-order valence-corrected chi connectivity index (χ0v) is 11.2. The van der Waals surface area contributed by atoms with Gasteiger partial charge in [0.05, 0.1) is 18.7 Å². The minimum Gasteiger partial charge on any atom is -0.493 e. The second-order valence-corrected chi connectivity index (χ2v) is 3.85. The molecule has 0 saturated carbocycles. The molecule has 6 heteroatoms. The van der Waals surface area contributed by atoms with Gasteiger partial charge in [0, 0.05) is 0 Å². The van der Waals surface area contributed by atoms with Crippen LogP contribution in [0, 0.1) is 11.3 Å². The Labute approximate surface area is 115 Å². The summed E-state index contributed by atoms with van der Waals surface area (Å²) in [6.07, 6.45) is 1.21. The molecule has 0 heterocycles. The highest BCUT2D eigenvalue weighted by molar-refractivity contribution is 6.32. The molecule has 19 heavy (non-hydrogen) atoms. The fourth-order valence-corrected chi connectivity index (χ4v) is 1.69. The van der Waals surface area contributed by atoms with Gasteiger partial charge in [-0.25, -0.2) is 4.79 Å². The highest BCUT2D eigenvalue weighted by Gasteiger charge is 2.12. The fourth-order valence-electron chi connectivity index (χ4n) is 1.42. The number of halogens is 1. The molecular formula is C13H12ClNO4. The predicted octanol–water partition coefficient (Wildman–Crippen LogP) is 2.74. The molecule has 0 unspecified atom stereocenters. The minimum atomic E-state index is -1.30. The zero-order valence-electron chi connectivity index (χ0n) is 10.4. The minimum absolute atomic E-state index is 0.287. The molecule has 0 aliphatic carbocycles. The molecule has 0 fully saturated rings. The monoisotopic (exact) mass is 281 g/mol. The first kappa shape index (κ1) is 14.9. The average Bonchev–Trinajstić information content (AvgIpc) is 2.38. The summed E-state index contributed by atoms with van der Waals surface area (Å²) in [4.78, 5) is 10.8. The van der Waals surface area contributed by atoms with Crippen LogP contribution in [-0.2, 0) is 4.79 Å². The maximum absolute atomic E-state index is 10.8. The Morgan fingerprint density at radius 1 is 1.58 bits per heavy atom. The van der Waals surface area contributed by atoms with Crippen molar-refractivity contribution in [1.29, 1.82) is 5.26 Å². The zero-order chi connectivity index (χ0) is 14.4. The summed E-state index contributed by atoms with van der Waals surface area (Å²) in [6.45, 7) is 2.23. The number of ether oxygens (including phenoxy) is 2. The lowest BCUT2D eigenvalue weighted by Gasteiger charge is -2.11. The number of hydrogen-bond acceptors (Lipinski definition) is 4. The predicted molar refractivity (Wildman–Crippen MR) is 70.4 cm³/mol. The molecular weight excluding hydrogens is 270 g/mol. The van der Waals surface area contributed by atoms with Crippen LogP contribution in [0.25, 0.3) is 6.08 Å². The summed E-state index contributed by atoms with van der Waals surface area (Å²) in [5.41, 5.74) is 0.0616. The number of carboxylic acid groups (broad SMARTS) is 1. The van der Waals surface area contributed by atoms with Crippen molar-refractivity contribution in [2.24, 2.45) is 0 Å². The van der Waals surface area contributed by atoms with Crippen LogP contribution in [0.15, 0.2) is 17.7 Å². The number of aliphatic carboxylic acids is 1. The second-order valence-electron chi connectivity index (χ2n) is 3.44. The Hall–Kier alpha value is -2.19. The Balaban J connectivity index is 3.30. The number of carboxylic acids is 1. The van der Waals surface area contributed by atoms with E-state index in [4.69, 9.17) is 31.4 Å². The molecule has 0 aromatic heterocycles. The van der Waals surface area contributed by atoms with Crippen LogP contribution < -0.4 is 9.47 Å². The van der Waals surface area contributed by atoms with Gasteiger partial charge in [-0.05, 0) is 30.7 Å². The number of nitriles is 1. The van der Waals surface area contributed by atoms with Crippen molar-refractivity contribution in [3.63, 3.8) is 0 Å². The summed E-state index contributed by atoms with van der Waals surface area (Å²) in [5.74, 6) is -0.535. The molecule has 1 rings (SSSR count). The fraction of sp³-hybridized carbons (Fsp3) is 0.231. The number of carbonyl (C=O) groups is 1. The van der Waals surface area contributed by atoms with Crippen molar-refractivity contribution in [1.82, 2.24) is 0 Å². The first-order valence-electron chi connectivity index (χ1n) is 5.38. The van der Waals surface area contributed by atoms with Crippen molar-refractivity contribution >= 4 is 23.6 Å². The summed E-state index contributed by atoms with van der Waals surface area (Å²) in [6, 6.07) is 4.66. The van der Waals surface area contributed by atoms with Gasteiger partial charge < -0.3 is 14.6 Å². The number of methoxy groups -OCH3 is 1. The van der Waals surface area contributed by atoms with Gasteiger partial charge in [-0.2, -0.15) is 5.26 Å². The van der Waals surface area contributed by atoms with Gasteiger partial charge in [-0.3, -0.25) is 0 Å². The van der Waals surface area contributed by atoms with E-state index in [1.807, 2.05) is 6.92 Å². The maximum atomic E-state index is 10.8. The van der Waals surface area contributed by atoms with Crippen LogP contribution in [-0.4, -0.2) is 24.8 Å². The Bertz CT molecular complexity index is 560. The summed E-state index contributed by atoms with van der Waals surface area (Å²) >= 11 is 6.03. The molecule has 0 aliphatic rings. The van der Waals surface area contributed by atoms with Gasteiger partial charge in [-0.15, -0.1) is 0 Å². The van der Waals surface area contributed by atoms with Crippen molar-refractivity contribution in [3.8, 4) is 17.6 Å². The van der Waals surface area contributed by atoms with Crippen molar-refractivity contribution in [2.75, 3.05) is 13.7 Å². The van der Waals surface area contributed by atoms with Crippen LogP contribution in [0.5, 0.6) is 11.5 Å². The third kappa shape index (κ3) is 3.63. The smallest absolute Gasteiger partial charge is 0.346 e. The van der Waals surface area contributed by atoms with Gasteiger partial charge in [0.15, 0.2) is 11.5 Å². The molecule has 1 aromatic rings. The van der Waals surface area contributed by atoms with Crippen LogP contribution in [0.1, 0.15) is 12.5 Å². The SMILES string of the molecule is CCOc1c(Cl)cc(C=C(C#N)C(=O)O)cc1OC. The lowest BCUT2D eigenvalue weighted by atomic mass is 10.1. The Morgan fingerprint density at radius 2 is 2.26 bits per heavy atom. The van der Waals surface area contributed by atoms with E-state index in [9.17, 15) is 4.79 Å². The number of hydrogen-bond donors (Lipinski definition) is 1. The quantitative estimate of drug-likeness (QED) is 0.663. The molecule has 0 atom stereocenters. The Kier molecular flexibility index (Phi) is 5.22. The van der Waals surface area contributed by atoms with E-state index < -0.39 is 5.97 Å². The van der Waals surface area contributed by atoms with E-state index in [0.29, 0.717) is 23.7 Å². The average molecular weight is 282 g/mol. The van der Waals surface area contributed by atoms with Crippen molar-refractivity contribution in [3.05, 3.63) is 28.3 Å². The van der Waals surface area contributed by atoms with Crippen LogP contribution in [0.4, 0.5) is 0 Å². The number of rotatable bonds is 5. The molecule has 1 aromatic carbocycles. The van der Waals surface area contributed by atoms with E-state index in [0.717, 1.165) is 0 Å². The lowest BCUT2D eigenvalue weighted by molar-refractivity contribution is -0.132. The van der Waals surface area contributed by atoms with Gasteiger partial charge in [-0.1, -0.05) is 11.6 Å². The number of nitrogens with zero attached hydrogens (tertiary/aromatic N) is 1. The highest BCUT2D eigenvalue weighted by atomic mass is 35.5. The molecule has 5 nitrogen and oxygen atoms in total. The standard InChI is InChI=1S/C13H12ClNO4/c1-3-19-12-10(14)5-8(6-11(12)18-2)4-9(7-15)13(16)17/h4-6H,3H2,1-2H3,(H,16,17). The third-order valence-corrected chi connectivity index (χ3v) is 2.48. The summed E-state index contributed by atoms with van der Waals surface area (Å²) in [5, 5.41) is 17.8. The summed E-state index contributed by atoms with van der Waals surface area (Å²) < 4.78 is 10.5. The van der Waals surface area contributed by atoms with E-state index in [-0.39, 0.29) is 10.6 Å². The topological polar surface area (TPSA) is 79.5 Å². The van der Waals surface area contributed by atoms with Crippen LogP contribution in [0.3, 0.4) is 0 Å². The van der Waals surface area contributed by atoms with Crippen molar-refractivity contribution < 1.29 is 19.4 Å². The van der Waals surface area contributed by atoms with Gasteiger partial charge >= 0.3 is 5.97 Å². The number of benzene rings is 1. The van der Waals surface area contributed by atoms with E-state index in [1.54, 1.807) is 12.1 Å². The molecule has 0 saturated heterocycles.